The third kappa shape index (κ3) is 15.5. The molecule has 0 bridgehead atoms. The van der Waals surface area contributed by atoms with E-state index in [4.69, 9.17) is 25.8 Å². The Labute approximate surface area is 466 Å². The second-order valence-electron chi connectivity index (χ2n) is 21.3. The number of piperidine rings is 1. The number of amides is 7. The number of rotatable bonds is 19. The molecule has 1 saturated heterocycles. The molecule has 3 aliphatic heterocycles. The van der Waals surface area contributed by atoms with Crippen molar-refractivity contribution in [3.05, 3.63) is 46.5 Å². The van der Waals surface area contributed by atoms with Crippen LogP contribution >= 0.6 is 24.0 Å². The molecule has 4 N–H and O–H groups in total. The Hall–Kier alpha value is -5.37. The van der Waals surface area contributed by atoms with Crippen LogP contribution in [-0.2, 0) is 23.9 Å². The predicted molar refractivity (Wildman–Crippen MR) is 298 cm³/mol. The molecule has 19 nitrogen and oxygen atoms in total. The Morgan fingerprint density at radius 2 is 1.12 bits per heavy atom. The number of aliphatic hydroxyl groups is 2. The minimum atomic E-state index is -1.29. The summed E-state index contributed by atoms with van der Waals surface area (Å²) in [6.07, 6.45) is 7.34. The summed E-state index contributed by atoms with van der Waals surface area (Å²) in [5, 5.41) is 24.8. The Balaban J connectivity index is 0.000000332. The van der Waals surface area contributed by atoms with Crippen molar-refractivity contribution in [3.8, 4) is 11.5 Å². The number of carbonyl (C=O) groups excluding carboxylic acids is 7. The van der Waals surface area contributed by atoms with Crippen LogP contribution in [-0.4, -0.2) is 160 Å². The number of nitrogens with zero attached hydrogens (tertiary/aromatic N) is 5. The largest absolute Gasteiger partial charge is 0.475 e. The Bertz CT molecular complexity index is 2420. The fourth-order valence-corrected chi connectivity index (χ4v) is 10.7. The molecule has 1 aliphatic carbocycles. The number of carbonyl (C=O) groups is 7. The van der Waals surface area contributed by atoms with Gasteiger partial charge in [0.05, 0.1) is 17.4 Å². The van der Waals surface area contributed by atoms with Gasteiger partial charge in [0.15, 0.2) is 16.8 Å². The SMILES string of the molecule is CCC(=O)NCCN1C(=O)C(C)(CCO)Oc2cc(C)c(C(=O)N(C(C)C)C3CCCCC3)cc21.CCC(=O)NCCN1C(=O)C(C)(CCO)Oc2cc(C)c(C(=O)N(C(C)C)[C@@H]3CCCN(C(=O)OC(C)Cl)C3)cc21.Cl. The van der Waals surface area contributed by atoms with Crippen LogP contribution in [0.4, 0.5) is 16.2 Å². The van der Waals surface area contributed by atoms with Crippen LogP contribution in [0.5, 0.6) is 11.5 Å². The van der Waals surface area contributed by atoms with Crippen LogP contribution < -0.4 is 29.9 Å². The van der Waals surface area contributed by atoms with Gasteiger partial charge in [0.1, 0.15) is 11.5 Å². The highest BCUT2D eigenvalue weighted by Crippen LogP contribution is 2.43. The van der Waals surface area contributed by atoms with Gasteiger partial charge in [-0.3, -0.25) is 28.8 Å². The number of alkyl halides is 1. The van der Waals surface area contributed by atoms with E-state index in [1.54, 1.807) is 67.5 Å². The summed E-state index contributed by atoms with van der Waals surface area (Å²) in [6, 6.07) is 6.88. The number of hydrogen-bond acceptors (Lipinski definition) is 12. The Kier molecular flexibility index (Phi) is 23.7. The van der Waals surface area contributed by atoms with Crippen LogP contribution in [0, 0.1) is 13.8 Å². The maximum atomic E-state index is 14.1. The van der Waals surface area contributed by atoms with Crippen LogP contribution in [0.2, 0.25) is 0 Å². The molecular weight excluding hydrogens is 1030 g/mol. The van der Waals surface area contributed by atoms with Crippen molar-refractivity contribution in [2.75, 3.05) is 62.3 Å². The molecule has 4 atom stereocenters. The Morgan fingerprint density at radius 3 is 1.51 bits per heavy atom. The third-order valence-corrected chi connectivity index (χ3v) is 14.8. The number of likely N-dealkylation sites (tertiary alicyclic amines) is 1. The van der Waals surface area contributed by atoms with Crippen molar-refractivity contribution in [1.29, 1.82) is 0 Å². The summed E-state index contributed by atoms with van der Waals surface area (Å²) >= 11 is 5.85. The number of benzene rings is 2. The van der Waals surface area contributed by atoms with Gasteiger partial charge < -0.3 is 59.6 Å². The highest BCUT2D eigenvalue weighted by molar-refractivity contribution is 6.20. The molecule has 6 rings (SSSR count). The van der Waals surface area contributed by atoms with Crippen molar-refractivity contribution in [1.82, 2.24) is 25.3 Å². The van der Waals surface area contributed by atoms with Crippen LogP contribution in [0.15, 0.2) is 24.3 Å². The number of halogens is 2. The number of fused-ring (bicyclic) bond motifs is 2. The zero-order chi connectivity index (χ0) is 56.2. The quantitative estimate of drug-likeness (QED) is 0.101. The van der Waals surface area contributed by atoms with E-state index in [2.05, 4.69) is 24.5 Å². The van der Waals surface area contributed by atoms with Gasteiger partial charge in [-0.15, -0.1) is 12.4 Å². The highest BCUT2D eigenvalue weighted by Gasteiger charge is 2.47. The third-order valence-electron chi connectivity index (χ3n) is 14.7. The van der Waals surface area contributed by atoms with E-state index in [0.29, 0.717) is 71.9 Å². The van der Waals surface area contributed by atoms with Crippen molar-refractivity contribution in [3.63, 3.8) is 0 Å². The van der Waals surface area contributed by atoms with Gasteiger partial charge in [0.25, 0.3) is 23.6 Å². The number of ether oxygens (including phenoxy) is 3. The van der Waals surface area contributed by atoms with Crippen molar-refractivity contribution < 1.29 is 58.0 Å². The average Bonchev–Trinajstić information content (AvgIpc) is 3.39. The maximum absolute atomic E-state index is 14.1. The number of aryl methyl sites for hydroxylation is 2. The molecule has 2 aromatic rings. The molecular formula is C56H85Cl2N7O12. The summed E-state index contributed by atoms with van der Waals surface area (Å²) in [6.45, 7) is 21.4. The van der Waals surface area contributed by atoms with E-state index in [1.807, 2.05) is 38.7 Å². The molecule has 2 fully saturated rings. The highest BCUT2D eigenvalue weighted by atomic mass is 35.5. The van der Waals surface area contributed by atoms with Crippen molar-refractivity contribution >= 4 is 76.9 Å². The molecule has 77 heavy (non-hydrogen) atoms. The second-order valence-corrected chi connectivity index (χ2v) is 21.9. The molecule has 3 unspecified atom stereocenters. The molecule has 430 valence electrons. The number of aliphatic hydroxyl groups excluding tert-OH is 2. The minimum absolute atomic E-state index is 0. The first-order valence-electron chi connectivity index (χ1n) is 27.3. The van der Waals surface area contributed by atoms with Gasteiger partial charge in [0, 0.05) is 107 Å². The fourth-order valence-electron chi connectivity index (χ4n) is 10.6. The van der Waals surface area contributed by atoms with E-state index in [-0.39, 0.29) is 124 Å². The molecule has 4 aliphatic rings. The molecule has 21 heteroatoms. The fraction of sp³-hybridized carbons (Fsp3) is 0.661. The predicted octanol–water partition coefficient (Wildman–Crippen LogP) is 7.42. The molecule has 7 amide bonds. The lowest BCUT2D eigenvalue weighted by Gasteiger charge is -2.42. The van der Waals surface area contributed by atoms with E-state index in [9.17, 15) is 43.8 Å². The molecule has 0 radical (unpaired) electrons. The minimum Gasteiger partial charge on any atom is -0.475 e. The van der Waals surface area contributed by atoms with Gasteiger partial charge in [-0.25, -0.2) is 4.79 Å². The van der Waals surface area contributed by atoms with E-state index < -0.39 is 22.9 Å². The first-order chi connectivity index (χ1) is 35.9. The summed E-state index contributed by atoms with van der Waals surface area (Å²) in [4.78, 5) is 99.7. The lowest BCUT2D eigenvalue weighted by molar-refractivity contribution is -0.135. The zero-order valence-electron chi connectivity index (χ0n) is 47.1. The summed E-state index contributed by atoms with van der Waals surface area (Å²) in [5.74, 6) is -0.197. The average molecular weight is 1120 g/mol. The maximum Gasteiger partial charge on any atom is 0.411 e. The van der Waals surface area contributed by atoms with Gasteiger partial charge in [0.2, 0.25) is 11.8 Å². The van der Waals surface area contributed by atoms with Crippen LogP contribution in [0.1, 0.15) is 165 Å². The molecule has 0 aromatic heterocycles. The lowest BCUT2D eigenvalue weighted by atomic mass is 9.92. The van der Waals surface area contributed by atoms with E-state index in [0.717, 1.165) is 37.7 Å². The zero-order valence-corrected chi connectivity index (χ0v) is 48.7. The first kappa shape index (κ1) is 64.2. The van der Waals surface area contributed by atoms with Crippen LogP contribution in [0.25, 0.3) is 0 Å². The normalized spacial score (nSPS) is 20.6. The topological polar surface area (TPSA) is 228 Å². The van der Waals surface area contributed by atoms with Gasteiger partial charge in [-0.2, -0.15) is 0 Å². The summed E-state index contributed by atoms with van der Waals surface area (Å²) < 4.78 is 17.4. The molecule has 3 heterocycles. The monoisotopic (exact) mass is 1120 g/mol. The van der Waals surface area contributed by atoms with Gasteiger partial charge >= 0.3 is 6.09 Å². The van der Waals surface area contributed by atoms with E-state index in [1.165, 1.54) is 11.3 Å². The van der Waals surface area contributed by atoms with E-state index >= 15 is 0 Å². The Morgan fingerprint density at radius 1 is 0.701 bits per heavy atom. The van der Waals surface area contributed by atoms with Crippen molar-refractivity contribution in [2.45, 2.75) is 188 Å². The number of hydrogen-bond donors (Lipinski definition) is 4. The lowest BCUT2D eigenvalue weighted by Crippen LogP contribution is -2.56. The molecule has 0 spiro atoms. The smallest absolute Gasteiger partial charge is 0.411 e. The number of anilines is 2. The standard InChI is InChI=1S/C29H43ClN4O7.C27H41N3O5.ClH/c1-7-25(36)31-11-13-33-23-16-22(19(4)15-24(23)41-29(6,10-14-35)27(33)38)26(37)34(18(2)3)21-9-8-12-32(17-21)28(39)40-20(5)30;1-6-24(32)28-13-14-29-22-17-21(25(33)30(18(2)3)20-10-8-7-9-11-20)19(4)16-23(22)35-27(5,12-15-31)26(29)34;/h15-16,18,20-21,35H,7-14,17H2,1-6H3,(H,31,36);16-18,20,31H,6-15H2,1-5H3,(H,28,32);1H/t20?,21-,29?;;/m1../s1. The summed E-state index contributed by atoms with van der Waals surface area (Å²) in [7, 11) is 0. The van der Waals surface area contributed by atoms with Crippen molar-refractivity contribution in [2.24, 2.45) is 0 Å². The second kappa shape index (κ2) is 28.5. The first-order valence-corrected chi connectivity index (χ1v) is 27.7. The molecule has 1 saturated carbocycles. The molecule has 2 aromatic carbocycles. The number of nitrogens with one attached hydrogen (secondary N) is 2. The van der Waals surface area contributed by atoms with Crippen LogP contribution in [0.3, 0.4) is 0 Å². The van der Waals surface area contributed by atoms with Gasteiger partial charge in [-0.05, 0) is 123 Å². The van der Waals surface area contributed by atoms with Gasteiger partial charge in [-0.1, -0.05) is 44.7 Å². The summed E-state index contributed by atoms with van der Waals surface area (Å²) in [5.41, 5.74) is 0.115.